The van der Waals surface area contributed by atoms with E-state index < -0.39 is 5.60 Å². The summed E-state index contributed by atoms with van der Waals surface area (Å²) in [5.41, 5.74) is 3.02. The van der Waals surface area contributed by atoms with Crippen LogP contribution in [0.25, 0.3) is 11.1 Å². The molecule has 1 aliphatic heterocycles. The summed E-state index contributed by atoms with van der Waals surface area (Å²) >= 11 is 6.32. The van der Waals surface area contributed by atoms with Crippen molar-refractivity contribution < 1.29 is 9.53 Å². The molecule has 0 radical (unpaired) electrons. The molecule has 0 aliphatic carbocycles. The van der Waals surface area contributed by atoms with Crippen LogP contribution in [-0.2, 0) is 10.3 Å². The molecule has 0 aromatic heterocycles. The highest BCUT2D eigenvalue weighted by atomic mass is 35.5. The minimum absolute atomic E-state index is 0.340. The smallest absolute Gasteiger partial charge is 0.415 e. The van der Waals surface area contributed by atoms with Gasteiger partial charge in [0.25, 0.3) is 0 Å². The van der Waals surface area contributed by atoms with Gasteiger partial charge in [0.1, 0.15) is 0 Å². The number of hydrogen-bond donors (Lipinski definition) is 0. The maximum absolute atomic E-state index is 12.6. The van der Waals surface area contributed by atoms with Crippen LogP contribution in [0, 0.1) is 0 Å². The molecule has 0 spiro atoms. The standard InChI is InChI=1S/C22H18ClNO2/c1-22(17-9-3-2-4-10-17)15-24(21(25)26-22)18-11-7-8-16(14-18)19-12-5-6-13-20(19)23/h2-14H,15H2,1H3. The van der Waals surface area contributed by atoms with Crippen LogP contribution in [0.4, 0.5) is 10.5 Å². The van der Waals surface area contributed by atoms with Crippen molar-refractivity contribution in [1.29, 1.82) is 0 Å². The van der Waals surface area contributed by atoms with E-state index in [0.29, 0.717) is 11.6 Å². The molecule has 1 amide bonds. The SMILES string of the molecule is CC1(c2ccccc2)CN(c2cccc(-c3ccccc3Cl)c2)C(=O)O1. The van der Waals surface area contributed by atoms with Gasteiger partial charge in [-0.2, -0.15) is 0 Å². The molecule has 0 saturated carbocycles. The van der Waals surface area contributed by atoms with Gasteiger partial charge in [0, 0.05) is 16.3 Å². The van der Waals surface area contributed by atoms with Crippen LogP contribution in [0.2, 0.25) is 5.02 Å². The van der Waals surface area contributed by atoms with Crippen LogP contribution in [0.3, 0.4) is 0 Å². The van der Waals surface area contributed by atoms with Crippen molar-refractivity contribution in [2.75, 3.05) is 11.4 Å². The van der Waals surface area contributed by atoms with Gasteiger partial charge in [0.05, 0.1) is 6.54 Å². The topological polar surface area (TPSA) is 29.5 Å². The van der Waals surface area contributed by atoms with E-state index in [1.807, 2.05) is 85.8 Å². The summed E-state index contributed by atoms with van der Waals surface area (Å²) in [5.74, 6) is 0. The van der Waals surface area contributed by atoms with Gasteiger partial charge < -0.3 is 4.74 Å². The minimum atomic E-state index is -0.668. The van der Waals surface area contributed by atoms with Gasteiger partial charge in [0.15, 0.2) is 5.60 Å². The lowest BCUT2D eigenvalue weighted by Gasteiger charge is -2.22. The fourth-order valence-corrected chi connectivity index (χ4v) is 3.57. The molecule has 26 heavy (non-hydrogen) atoms. The van der Waals surface area contributed by atoms with E-state index in [-0.39, 0.29) is 6.09 Å². The normalized spacial score (nSPS) is 19.5. The van der Waals surface area contributed by atoms with E-state index >= 15 is 0 Å². The zero-order valence-corrected chi connectivity index (χ0v) is 15.1. The average Bonchev–Trinajstić information content (AvgIpc) is 2.99. The maximum Gasteiger partial charge on any atom is 0.415 e. The molecule has 1 heterocycles. The Labute approximate surface area is 157 Å². The van der Waals surface area contributed by atoms with Crippen molar-refractivity contribution in [3.63, 3.8) is 0 Å². The third-order valence-electron chi connectivity index (χ3n) is 4.72. The van der Waals surface area contributed by atoms with E-state index in [1.54, 1.807) is 4.90 Å². The van der Waals surface area contributed by atoms with E-state index in [9.17, 15) is 4.79 Å². The third kappa shape index (κ3) is 2.95. The molecule has 130 valence electrons. The molecule has 0 N–H and O–H groups in total. The minimum Gasteiger partial charge on any atom is -0.436 e. The van der Waals surface area contributed by atoms with Crippen LogP contribution < -0.4 is 4.90 Å². The number of benzene rings is 3. The Morgan fingerprint density at radius 3 is 2.46 bits per heavy atom. The Kier molecular flexibility index (Phi) is 4.17. The number of amides is 1. The lowest BCUT2D eigenvalue weighted by atomic mass is 9.96. The number of rotatable bonds is 3. The number of carbonyl (C=O) groups is 1. The molecule has 1 fully saturated rings. The van der Waals surface area contributed by atoms with Crippen molar-refractivity contribution in [1.82, 2.24) is 0 Å². The highest BCUT2D eigenvalue weighted by Gasteiger charge is 2.43. The highest BCUT2D eigenvalue weighted by molar-refractivity contribution is 6.33. The summed E-state index contributed by atoms with van der Waals surface area (Å²) < 4.78 is 5.73. The molecule has 3 nitrogen and oxygen atoms in total. The molecular formula is C22H18ClNO2. The zero-order valence-electron chi connectivity index (χ0n) is 14.4. The monoisotopic (exact) mass is 363 g/mol. The fourth-order valence-electron chi connectivity index (χ4n) is 3.32. The number of cyclic esters (lactones) is 1. The van der Waals surface area contributed by atoms with Gasteiger partial charge in [-0.15, -0.1) is 0 Å². The largest absolute Gasteiger partial charge is 0.436 e. The van der Waals surface area contributed by atoms with Crippen molar-refractivity contribution in [3.05, 3.63) is 89.4 Å². The number of halogens is 1. The van der Waals surface area contributed by atoms with E-state index in [2.05, 4.69) is 0 Å². The number of carbonyl (C=O) groups excluding carboxylic acids is 1. The van der Waals surface area contributed by atoms with Crippen LogP contribution in [0.1, 0.15) is 12.5 Å². The second-order valence-electron chi connectivity index (χ2n) is 6.58. The van der Waals surface area contributed by atoms with Crippen LogP contribution in [0.5, 0.6) is 0 Å². The first-order chi connectivity index (χ1) is 12.6. The Morgan fingerprint density at radius 2 is 1.69 bits per heavy atom. The number of anilines is 1. The fraction of sp³-hybridized carbons (Fsp3) is 0.136. The van der Waals surface area contributed by atoms with E-state index in [1.165, 1.54) is 0 Å². The van der Waals surface area contributed by atoms with Gasteiger partial charge in [0.2, 0.25) is 0 Å². The molecule has 0 bridgehead atoms. The molecule has 3 aromatic rings. The summed E-state index contributed by atoms with van der Waals surface area (Å²) in [4.78, 5) is 14.2. The van der Waals surface area contributed by atoms with Crippen molar-refractivity contribution >= 4 is 23.4 Å². The number of hydrogen-bond acceptors (Lipinski definition) is 2. The summed E-state index contributed by atoms with van der Waals surface area (Å²) in [7, 11) is 0. The number of ether oxygens (including phenoxy) is 1. The van der Waals surface area contributed by atoms with Crippen molar-refractivity contribution in [3.8, 4) is 11.1 Å². The summed E-state index contributed by atoms with van der Waals surface area (Å²) in [6.45, 7) is 2.40. The van der Waals surface area contributed by atoms with Crippen LogP contribution in [0.15, 0.2) is 78.9 Å². The predicted octanol–water partition coefficient (Wildman–Crippen LogP) is 5.88. The second-order valence-corrected chi connectivity index (χ2v) is 6.99. The van der Waals surface area contributed by atoms with E-state index in [4.69, 9.17) is 16.3 Å². The molecular weight excluding hydrogens is 346 g/mol. The third-order valence-corrected chi connectivity index (χ3v) is 5.05. The summed E-state index contributed by atoms with van der Waals surface area (Å²) in [5, 5.41) is 0.683. The maximum atomic E-state index is 12.6. The predicted molar refractivity (Wildman–Crippen MR) is 105 cm³/mol. The molecule has 4 heteroatoms. The molecule has 4 rings (SSSR count). The Bertz CT molecular complexity index is 957. The molecule has 3 aromatic carbocycles. The lowest BCUT2D eigenvalue weighted by molar-refractivity contribution is 0.0705. The van der Waals surface area contributed by atoms with Gasteiger partial charge in [-0.3, -0.25) is 4.90 Å². The summed E-state index contributed by atoms with van der Waals surface area (Å²) in [6, 6.07) is 25.3. The summed E-state index contributed by atoms with van der Waals surface area (Å²) in [6.07, 6.45) is -0.340. The van der Waals surface area contributed by atoms with Crippen LogP contribution >= 0.6 is 11.6 Å². The highest BCUT2D eigenvalue weighted by Crippen LogP contribution is 2.37. The van der Waals surface area contributed by atoms with Gasteiger partial charge >= 0.3 is 6.09 Å². The molecule has 1 saturated heterocycles. The quantitative estimate of drug-likeness (QED) is 0.581. The van der Waals surface area contributed by atoms with Crippen molar-refractivity contribution in [2.24, 2.45) is 0 Å². The van der Waals surface area contributed by atoms with Gasteiger partial charge in [-0.1, -0.05) is 72.3 Å². The first-order valence-electron chi connectivity index (χ1n) is 8.48. The first-order valence-corrected chi connectivity index (χ1v) is 8.86. The average molecular weight is 364 g/mol. The zero-order chi connectivity index (χ0) is 18.1. The van der Waals surface area contributed by atoms with Gasteiger partial charge in [-0.05, 0) is 36.2 Å². The Balaban J connectivity index is 1.68. The van der Waals surface area contributed by atoms with Crippen LogP contribution in [-0.4, -0.2) is 12.6 Å². The second kappa shape index (κ2) is 6.50. The molecule has 1 atom stereocenters. The first kappa shape index (κ1) is 16.7. The Hall–Kier alpha value is -2.78. The van der Waals surface area contributed by atoms with Crippen molar-refractivity contribution in [2.45, 2.75) is 12.5 Å². The molecule has 1 aliphatic rings. The van der Waals surface area contributed by atoms with E-state index in [0.717, 1.165) is 22.4 Å². The van der Waals surface area contributed by atoms with Gasteiger partial charge in [-0.25, -0.2) is 4.79 Å². The number of nitrogens with zero attached hydrogens (tertiary/aromatic N) is 1. The Morgan fingerprint density at radius 1 is 0.962 bits per heavy atom. The lowest BCUT2D eigenvalue weighted by Crippen LogP contribution is -2.29. The molecule has 1 unspecified atom stereocenters.